The first-order valence-corrected chi connectivity index (χ1v) is 6.61. The summed E-state index contributed by atoms with van der Waals surface area (Å²) < 4.78 is 0. The lowest BCUT2D eigenvalue weighted by Crippen LogP contribution is -2.14. The van der Waals surface area contributed by atoms with E-state index < -0.39 is 0 Å². The van der Waals surface area contributed by atoms with Crippen LogP contribution < -0.4 is 5.69 Å². The number of nitrogens with one attached hydrogen (secondary N) is 1. The van der Waals surface area contributed by atoms with E-state index in [1.165, 1.54) is 0 Å². The zero-order valence-corrected chi connectivity index (χ0v) is 11.4. The van der Waals surface area contributed by atoms with Crippen molar-refractivity contribution in [3.05, 3.63) is 58.6 Å². The van der Waals surface area contributed by atoms with E-state index in [0.29, 0.717) is 5.65 Å². The Morgan fingerprint density at radius 2 is 1.75 bits per heavy atom. The summed E-state index contributed by atoms with van der Waals surface area (Å²) >= 11 is 0. The standard InChI is InChI=1S/C16H15N3O/c1-10(2)14-12-8-9-13(11-6-4-3-5-7-11)17-15(12)19-16(20)18-14/h3-10H,1-2H3,(H,17,18,19,20). The van der Waals surface area contributed by atoms with Gasteiger partial charge in [0.1, 0.15) is 0 Å². The molecule has 3 rings (SSSR count). The highest BCUT2D eigenvalue weighted by atomic mass is 16.1. The van der Waals surface area contributed by atoms with Gasteiger partial charge in [-0.05, 0) is 18.1 Å². The summed E-state index contributed by atoms with van der Waals surface area (Å²) in [5.41, 5.74) is 2.87. The SMILES string of the molecule is CC(C)c1[nH]c(=O)nc2nc(-c3ccccc3)ccc12. The summed E-state index contributed by atoms with van der Waals surface area (Å²) in [6, 6.07) is 13.8. The van der Waals surface area contributed by atoms with Crippen molar-refractivity contribution in [3.63, 3.8) is 0 Å². The first kappa shape index (κ1) is 12.5. The molecule has 0 fully saturated rings. The molecule has 4 nitrogen and oxygen atoms in total. The lowest BCUT2D eigenvalue weighted by molar-refractivity contribution is 0.816. The maximum Gasteiger partial charge on any atom is 0.347 e. The molecule has 0 aliphatic carbocycles. The molecule has 0 radical (unpaired) electrons. The Bertz CT molecular complexity index is 807. The lowest BCUT2D eigenvalue weighted by Gasteiger charge is -2.09. The van der Waals surface area contributed by atoms with Crippen molar-refractivity contribution in [2.75, 3.05) is 0 Å². The molecule has 100 valence electrons. The summed E-state index contributed by atoms with van der Waals surface area (Å²) in [4.78, 5) is 23.0. The molecule has 0 unspecified atom stereocenters. The lowest BCUT2D eigenvalue weighted by atomic mass is 10.1. The molecule has 2 aromatic heterocycles. The van der Waals surface area contributed by atoms with E-state index in [1.54, 1.807) is 0 Å². The van der Waals surface area contributed by atoms with Gasteiger partial charge in [-0.3, -0.25) is 0 Å². The van der Waals surface area contributed by atoms with Gasteiger partial charge in [-0.25, -0.2) is 9.78 Å². The van der Waals surface area contributed by atoms with Gasteiger partial charge in [-0.1, -0.05) is 44.2 Å². The third kappa shape index (κ3) is 2.20. The van der Waals surface area contributed by atoms with Crippen LogP contribution in [0.4, 0.5) is 0 Å². The van der Waals surface area contributed by atoms with E-state index in [0.717, 1.165) is 22.3 Å². The Hall–Kier alpha value is -2.49. The van der Waals surface area contributed by atoms with Crippen LogP contribution in [-0.2, 0) is 0 Å². The number of pyridine rings is 1. The van der Waals surface area contributed by atoms with Crippen molar-refractivity contribution in [3.8, 4) is 11.3 Å². The summed E-state index contributed by atoms with van der Waals surface area (Å²) in [7, 11) is 0. The van der Waals surface area contributed by atoms with Gasteiger partial charge in [0.05, 0.1) is 5.69 Å². The van der Waals surface area contributed by atoms with Crippen LogP contribution in [0.1, 0.15) is 25.5 Å². The van der Waals surface area contributed by atoms with Gasteiger partial charge in [0.25, 0.3) is 0 Å². The van der Waals surface area contributed by atoms with Gasteiger partial charge in [0.15, 0.2) is 5.65 Å². The van der Waals surface area contributed by atoms with E-state index in [4.69, 9.17) is 0 Å². The molecular formula is C16H15N3O. The highest BCUT2D eigenvalue weighted by Crippen LogP contribution is 2.23. The third-order valence-electron chi connectivity index (χ3n) is 3.26. The Balaban J connectivity index is 2.25. The topological polar surface area (TPSA) is 58.6 Å². The van der Waals surface area contributed by atoms with Crippen molar-refractivity contribution in [2.45, 2.75) is 19.8 Å². The van der Waals surface area contributed by atoms with Gasteiger partial charge in [-0.15, -0.1) is 0 Å². The Kier molecular flexibility index (Phi) is 3.06. The van der Waals surface area contributed by atoms with Crippen LogP contribution in [0.25, 0.3) is 22.3 Å². The van der Waals surface area contributed by atoms with Crippen molar-refractivity contribution in [1.82, 2.24) is 15.0 Å². The highest BCUT2D eigenvalue weighted by Gasteiger charge is 2.10. The second-order valence-corrected chi connectivity index (χ2v) is 5.04. The second kappa shape index (κ2) is 4.89. The number of nitrogens with zero attached hydrogens (tertiary/aromatic N) is 2. The number of rotatable bonds is 2. The first-order valence-electron chi connectivity index (χ1n) is 6.61. The van der Waals surface area contributed by atoms with Gasteiger partial charge in [-0.2, -0.15) is 4.98 Å². The summed E-state index contributed by atoms with van der Waals surface area (Å²) in [5, 5.41) is 0.902. The number of hydrogen-bond donors (Lipinski definition) is 1. The van der Waals surface area contributed by atoms with Crippen LogP contribution in [0.3, 0.4) is 0 Å². The summed E-state index contributed by atoms with van der Waals surface area (Å²) in [5.74, 6) is 0.220. The number of benzene rings is 1. The first-order chi connectivity index (χ1) is 9.65. The molecular weight excluding hydrogens is 250 g/mol. The van der Waals surface area contributed by atoms with Crippen molar-refractivity contribution >= 4 is 11.0 Å². The molecule has 0 aliphatic heterocycles. The smallest absolute Gasteiger partial charge is 0.309 e. The molecule has 1 N–H and O–H groups in total. The largest absolute Gasteiger partial charge is 0.347 e. The fraction of sp³-hybridized carbons (Fsp3) is 0.188. The summed E-state index contributed by atoms with van der Waals surface area (Å²) in [6.07, 6.45) is 0. The maximum absolute atomic E-state index is 11.6. The number of aromatic nitrogens is 3. The Morgan fingerprint density at radius 1 is 1.00 bits per heavy atom. The van der Waals surface area contributed by atoms with Crippen LogP contribution in [0.5, 0.6) is 0 Å². The van der Waals surface area contributed by atoms with Crippen LogP contribution in [0.2, 0.25) is 0 Å². The summed E-state index contributed by atoms with van der Waals surface area (Å²) in [6.45, 7) is 4.08. The minimum atomic E-state index is -0.348. The van der Waals surface area contributed by atoms with Gasteiger partial charge < -0.3 is 4.98 Å². The molecule has 0 amide bonds. The van der Waals surface area contributed by atoms with Gasteiger partial charge in [0, 0.05) is 16.6 Å². The average molecular weight is 265 g/mol. The van der Waals surface area contributed by atoms with E-state index >= 15 is 0 Å². The molecule has 4 heteroatoms. The molecule has 0 saturated heterocycles. The minimum absolute atomic E-state index is 0.220. The average Bonchev–Trinajstić information content (AvgIpc) is 2.46. The molecule has 20 heavy (non-hydrogen) atoms. The van der Waals surface area contributed by atoms with Crippen LogP contribution in [0.15, 0.2) is 47.3 Å². The minimum Gasteiger partial charge on any atom is -0.309 e. The molecule has 2 heterocycles. The van der Waals surface area contributed by atoms with E-state index in [1.807, 2.05) is 56.3 Å². The molecule has 0 spiro atoms. The monoisotopic (exact) mass is 265 g/mol. The molecule has 3 aromatic rings. The van der Waals surface area contributed by atoms with E-state index in [9.17, 15) is 4.79 Å². The number of H-pyrrole nitrogens is 1. The Morgan fingerprint density at radius 3 is 2.45 bits per heavy atom. The predicted molar refractivity (Wildman–Crippen MR) is 79.7 cm³/mol. The predicted octanol–water partition coefficient (Wildman–Crippen LogP) is 3.11. The Labute approximate surface area is 116 Å². The molecule has 1 aromatic carbocycles. The second-order valence-electron chi connectivity index (χ2n) is 5.04. The van der Waals surface area contributed by atoms with E-state index in [2.05, 4.69) is 15.0 Å². The highest BCUT2D eigenvalue weighted by molar-refractivity contribution is 5.80. The number of hydrogen-bond acceptors (Lipinski definition) is 3. The molecule has 0 saturated carbocycles. The zero-order valence-electron chi connectivity index (χ0n) is 11.4. The van der Waals surface area contributed by atoms with Crippen LogP contribution in [-0.4, -0.2) is 15.0 Å². The van der Waals surface area contributed by atoms with Crippen molar-refractivity contribution in [1.29, 1.82) is 0 Å². The molecule has 0 bridgehead atoms. The van der Waals surface area contributed by atoms with Crippen molar-refractivity contribution < 1.29 is 0 Å². The third-order valence-corrected chi connectivity index (χ3v) is 3.26. The quantitative estimate of drug-likeness (QED) is 0.774. The fourth-order valence-electron chi connectivity index (χ4n) is 2.28. The normalized spacial score (nSPS) is 11.2. The van der Waals surface area contributed by atoms with Crippen LogP contribution >= 0.6 is 0 Å². The van der Waals surface area contributed by atoms with E-state index in [-0.39, 0.29) is 11.6 Å². The van der Waals surface area contributed by atoms with Crippen molar-refractivity contribution in [2.24, 2.45) is 0 Å². The van der Waals surface area contributed by atoms with Crippen LogP contribution in [0, 0.1) is 0 Å². The number of aromatic amines is 1. The maximum atomic E-state index is 11.6. The number of fused-ring (bicyclic) bond motifs is 1. The molecule has 0 atom stereocenters. The van der Waals surface area contributed by atoms with Gasteiger partial charge in [0.2, 0.25) is 0 Å². The zero-order chi connectivity index (χ0) is 14.1. The molecule has 0 aliphatic rings. The van der Waals surface area contributed by atoms with Gasteiger partial charge >= 0.3 is 5.69 Å². The fourth-order valence-corrected chi connectivity index (χ4v) is 2.28.